The summed E-state index contributed by atoms with van der Waals surface area (Å²) < 4.78 is 4.76. The summed E-state index contributed by atoms with van der Waals surface area (Å²) in [4.78, 5) is 22.6. The van der Waals surface area contributed by atoms with E-state index < -0.39 is 0 Å². The van der Waals surface area contributed by atoms with Gasteiger partial charge in [0.2, 0.25) is 5.91 Å². The Morgan fingerprint density at radius 2 is 2.16 bits per heavy atom. The molecule has 1 amide bonds. The summed E-state index contributed by atoms with van der Waals surface area (Å²) in [6.45, 7) is 2.54. The van der Waals surface area contributed by atoms with Crippen LogP contribution in [0, 0.1) is 0 Å². The lowest BCUT2D eigenvalue weighted by molar-refractivity contribution is -0.139. The molecule has 0 aromatic heterocycles. The van der Waals surface area contributed by atoms with Gasteiger partial charge in [0.15, 0.2) is 0 Å². The first kappa shape index (κ1) is 15.9. The molecule has 0 fully saturated rings. The van der Waals surface area contributed by atoms with E-state index in [0.717, 1.165) is 5.56 Å². The van der Waals surface area contributed by atoms with E-state index in [0.29, 0.717) is 18.2 Å². The minimum absolute atomic E-state index is 0.116. The van der Waals surface area contributed by atoms with E-state index in [1.165, 1.54) is 11.8 Å². The molecule has 0 aliphatic rings. The number of rotatable bonds is 7. The van der Waals surface area contributed by atoms with Crippen molar-refractivity contribution in [2.75, 3.05) is 18.1 Å². The number of carbonyl (C=O) groups excluding carboxylic acids is 2. The highest BCUT2D eigenvalue weighted by atomic mass is 35.5. The summed E-state index contributed by atoms with van der Waals surface area (Å²) >= 11 is 7.08. The molecule has 1 aromatic rings. The fourth-order valence-electron chi connectivity index (χ4n) is 1.33. The van der Waals surface area contributed by atoms with E-state index in [1.54, 1.807) is 19.1 Å². The van der Waals surface area contributed by atoms with Gasteiger partial charge in [-0.1, -0.05) is 23.7 Å². The zero-order valence-corrected chi connectivity index (χ0v) is 12.2. The van der Waals surface area contributed by atoms with Crippen molar-refractivity contribution in [3.8, 4) is 0 Å². The van der Waals surface area contributed by atoms with Crippen LogP contribution in [0.4, 0.5) is 0 Å². The summed E-state index contributed by atoms with van der Waals surface area (Å²) in [6, 6.07) is 7.30. The van der Waals surface area contributed by atoms with Gasteiger partial charge in [-0.2, -0.15) is 0 Å². The average molecular weight is 302 g/mol. The van der Waals surface area contributed by atoms with Crippen LogP contribution < -0.4 is 5.32 Å². The van der Waals surface area contributed by atoms with Gasteiger partial charge in [-0.15, -0.1) is 11.8 Å². The molecule has 0 aliphatic carbocycles. The van der Waals surface area contributed by atoms with Gasteiger partial charge in [-0.25, -0.2) is 0 Å². The Morgan fingerprint density at radius 3 is 2.84 bits per heavy atom. The third-order valence-electron chi connectivity index (χ3n) is 2.14. The molecule has 1 N–H and O–H groups in total. The van der Waals surface area contributed by atoms with Gasteiger partial charge in [0, 0.05) is 11.6 Å². The maximum Gasteiger partial charge on any atom is 0.315 e. The largest absolute Gasteiger partial charge is 0.465 e. The van der Waals surface area contributed by atoms with Crippen molar-refractivity contribution in [3.63, 3.8) is 0 Å². The van der Waals surface area contributed by atoms with E-state index in [9.17, 15) is 9.59 Å². The Labute approximate surface area is 121 Å². The minimum Gasteiger partial charge on any atom is -0.465 e. The molecule has 0 bridgehead atoms. The lowest BCUT2D eigenvalue weighted by Crippen LogP contribution is -2.25. The van der Waals surface area contributed by atoms with Crippen LogP contribution in [0.1, 0.15) is 12.5 Å². The molecule has 6 heteroatoms. The van der Waals surface area contributed by atoms with Crippen molar-refractivity contribution in [1.82, 2.24) is 5.32 Å². The Kier molecular flexibility index (Phi) is 7.36. The normalized spacial score (nSPS) is 10.0. The molecule has 0 saturated heterocycles. The number of thioether (sulfide) groups is 1. The fraction of sp³-hybridized carbons (Fsp3) is 0.385. The summed E-state index contributed by atoms with van der Waals surface area (Å²) in [6.07, 6.45) is 0. The zero-order valence-electron chi connectivity index (χ0n) is 10.6. The second kappa shape index (κ2) is 8.82. The Morgan fingerprint density at radius 1 is 1.37 bits per heavy atom. The molecule has 1 aromatic carbocycles. The van der Waals surface area contributed by atoms with E-state index in [2.05, 4.69) is 5.32 Å². The van der Waals surface area contributed by atoms with Gasteiger partial charge in [0.1, 0.15) is 0 Å². The van der Waals surface area contributed by atoms with Crippen LogP contribution in [0.5, 0.6) is 0 Å². The minimum atomic E-state index is -0.296. The van der Waals surface area contributed by atoms with Crippen molar-refractivity contribution in [2.24, 2.45) is 0 Å². The number of halogens is 1. The number of hydrogen-bond acceptors (Lipinski definition) is 4. The molecule has 0 radical (unpaired) electrons. The number of hydrogen-bond donors (Lipinski definition) is 1. The first-order valence-electron chi connectivity index (χ1n) is 5.86. The second-order valence-corrected chi connectivity index (χ2v) is 5.13. The Balaban J connectivity index is 2.19. The zero-order chi connectivity index (χ0) is 14.1. The fourth-order valence-corrected chi connectivity index (χ4v) is 2.18. The lowest BCUT2D eigenvalue weighted by Gasteiger charge is -2.05. The standard InChI is InChI=1S/C13H16ClNO3S/c1-2-18-13(17)9-19-8-12(16)15-7-10-4-3-5-11(14)6-10/h3-6H,2,7-9H2,1H3,(H,15,16). The summed E-state index contributed by atoms with van der Waals surface area (Å²) in [5.41, 5.74) is 0.941. The molecule has 1 rings (SSSR count). The average Bonchev–Trinajstić information content (AvgIpc) is 2.37. The lowest BCUT2D eigenvalue weighted by atomic mass is 10.2. The van der Waals surface area contributed by atoms with Crippen molar-refractivity contribution in [3.05, 3.63) is 34.9 Å². The van der Waals surface area contributed by atoms with Crippen molar-refractivity contribution >= 4 is 35.2 Å². The number of esters is 1. The van der Waals surface area contributed by atoms with Gasteiger partial charge in [-0.05, 0) is 24.6 Å². The smallest absolute Gasteiger partial charge is 0.315 e. The molecule has 104 valence electrons. The van der Waals surface area contributed by atoms with Crippen molar-refractivity contribution < 1.29 is 14.3 Å². The maximum absolute atomic E-state index is 11.5. The highest BCUT2D eigenvalue weighted by Gasteiger charge is 2.06. The van der Waals surface area contributed by atoms with Crippen molar-refractivity contribution in [2.45, 2.75) is 13.5 Å². The summed E-state index contributed by atoms with van der Waals surface area (Å²) in [5.74, 6) is 0.0158. The van der Waals surface area contributed by atoms with Gasteiger partial charge in [-0.3, -0.25) is 9.59 Å². The van der Waals surface area contributed by atoms with E-state index >= 15 is 0 Å². The molecular weight excluding hydrogens is 286 g/mol. The van der Waals surface area contributed by atoms with Crippen LogP contribution in [-0.4, -0.2) is 30.0 Å². The molecule has 4 nitrogen and oxygen atoms in total. The first-order chi connectivity index (χ1) is 9.11. The topological polar surface area (TPSA) is 55.4 Å². The van der Waals surface area contributed by atoms with Crippen molar-refractivity contribution in [1.29, 1.82) is 0 Å². The van der Waals surface area contributed by atoms with Crippen LogP contribution >= 0.6 is 23.4 Å². The van der Waals surface area contributed by atoms with Crippen LogP contribution in [0.3, 0.4) is 0 Å². The molecule has 0 spiro atoms. The van der Waals surface area contributed by atoms with E-state index in [1.807, 2.05) is 12.1 Å². The monoisotopic (exact) mass is 301 g/mol. The van der Waals surface area contributed by atoms with Crippen LogP contribution in [0.25, 0.3) is 0 Å². The van der Waals surface area contributed by atoms with Gasteiger partial charge in [0.05, 0.1) is 18.1 Å². The van der Waals surface area contributed by atoms with E-state index in [-0.39, 0.29) is 23.4 Å². The highest BCUT2D eigenvalue weighted by Crippen LogP contribution is 2.10. The van der Waals surface area contributed by atoms with Crippen LogP contribution in [0.2, 0.25) is 5.02 Å². The molecule has 0 unspecified atom stereocenters. The third-order valence-corrected chi connectivity index (χ3v) is 3.28. The second-order valence-electron chi connectivity index (χ2n) is 3.70. The number of amides is 1. The molecule has 0 atom stereocenters. The summed E-state index contributed by atoms with van der Waals surface area (Å²) in [7, 11) is 0. The number of benzene rings is 1. The number of nitrogens with one attached hydrogen (secondary N) is 1. The number of ether oxygens (including phenoxy) is 1. The predicted molar refractivity (Wildman–Crippen MR) is 77.3 cm³/mol. The van der Waals surface area contributed by atoms with Gasteiger partial charge in [0.25, 0.3) is 0 Å². The van der Waals surface area contributed by atoms with Gasteiger partial charge >= 0.3 is 5.97 Å². The predicted octanol–water partition coefficient (Wildman–Crippen LogP) is 2.25. The van der Waals surface area contributed by atoms with E-state index in [4.69, 9.17) is 16.3 Å². The highest BCUT2D eigenvalue weighted by molar-refractivity contribution is 8.00. The molecular formula is C13H16ClNO3S. The molecule has 0 aliphatic heterocycles. The Bertz CT molecular complexity index is 440. The number of carbonyl (C=O) groups is 2. The molecule has 19 heavy (non-hydrogen) atoms. The molecule has 0 heterocycles. The van der Waals surface area contributed by atoms with Crippen LogP contribution in [0.15, 0.2) is 24.3 Å². The maximum atomic E-state index is 11.5. The quantitative estimate of drug-likeness (QED) is 0.785. The first-order valence-corrected chi connectivity index (χ1v) is 7.39. The van der Waals surface area contributed by atoms with Crippen LogP contribution in [-0.2, 0) is 20.9 Å². The molecule has 0 saturated carbocycles. The van der Waals surface area contributed by atoms with Gasteiger partial charge < -0.3 is 10.1 Å². The summed E-state index contributed by atoms with van der Waals surface area (Å²) in [5, 5.41) is 3.40. The Hall–Kier alpha value is -1.20. The SMILES string of the molecule is CCOC(=O)CSCC(=O)NCc1cccc(Cl)c1. The third kappa shape index (κ3) is 7.08.